The Hall–Kier alpha value is -1.66. The average molecular weight is 370 g/mol. The van der Waals surface area contributed by atoms with Crippen molar-refractivity contribution in [3.05, 3.63) is 35.9 Å². The number of nitrogens with zero attached hydrogens (tertiary/aromatic N) is 5. The Morgan fingerprint density at radius 1 is 0.808 bits per heavy atom. The molecule has 4 heterocycles. The number of hydrogen-bond donors (Lipinski definition) is 0. The van der Waals surface area contributed by atoms with E-state index in [1.807, 2.05) is 0 Å². The van der Waals surface area contributed by atoms with Crippen molar-refractivity contribution in [3.8, 4) is 0 Å². The van der Waals surface area contributed by atoms with Gasteiger partial charge in [0.2, 0.25) is 10.3 Å². The summed E-state index contributed by atoms with van der Waals surface area (Å²) >= 11 is 1.79. The summed E-state index contributed by atoms with van der Waals surface area (Å²) in [7, 11) is 0. The molecule has 0 bridgehead atoms. The molecular formula is C20H27N5S. The monoisotopic (exact) mass is 369 g/mol. The molecule has 0 N–H and O–H groups in total. The van der Waals surface area contributed by atoms with Crippen LogP contribution in [0.25, 0.3) is 0 Å². The van der Waals surface area contributed by atoms with Crippen molar-refractivity contribution in [2.45, 2.75) is 37.6 Å². The molecule has 0 amide bonds. The molecule has 0 radical (unpaired) electrons. The first kappa shape index (κ1) is 16.5. The van der Waals surface area contributed by atoms with Crippen molar-refractivity contribution in [2.24, 2.45) is 0 Å². The van der Waals surface area contributed by atoms with Crippen LogP contribution in [-0.4, -0.2) is 60.4 Å². The SMILES string of the molecule is c1ccc(C2CCCN(c3nnc(N4CCN5CCC[C@H]5C4)s3)C2)cc1. The number of piperazine rings is 1. The van der Waals surface area contributed by atoms with E-state index in [1.54, 1.807) is 11.3 Å². The fourth-order valence-electron chi connectivity index (χ4n) is 4.78. The van der Waals surface area contributed by atoms with Crippen LogP contribution in [0.1, 0.15) is 37.2 Å². The van der Waals surface area contributed by atoms with Crippen LogP contribution >= 0.6 is 11.3 Å². The van der Waals surface area contributed by atoms with Gasteiger partial charge in [-0.1, -0.05) is 41.7 Å². The summed E-state index contributed by atoms with van der Waals surface area (Å²) in [5.41, 5.74) is 1.46. The third-order valence-electron chi connectivity index (χ3n) is 6.22. The average Bonchev–Trinajstić information content (AvgIpc) is 3.38. The highest BCUT2D eigenvalue weighted by atomic mass is 32.1. The van der Waals surface area contributed by atoms with E-state index in [0.717, 1.165) is 42.5 Å². The molecule has 3 aliphatic heterocycles. The largest absolute Gasteiger partial charge is 0.346 e. The van der Waals surface area contributed by atoms with E-state index in [9.17, 15) is 0 Å². The molecule has 1 unspecified atom stereocenters. The molecule has 2 atom stereocenters. The minimum absolute atomic E-state index is 0.610. The first-order valence-electron chi connectivity index (χ1n) is 9.99. The van der Waals surface area contributed by atoms with Crippen LogP contribution in [0, 0.1) is 0 Å². The van der Waals surface area contributed by atoms with E-state index in [0.29, 0.717) is 5.92 Å². The molecule has 1 aromatic heterocycles. The molecule has 2 aromatic rings. The van der Waals surface area contributed by atoms with Gasteiger partial charge in [0.15, 0.2) is 0 Å². The summed E-state index contributed by atoms with van der Waals surface area (Å²) in [6.07, 6.45) is 5.20. The molecule has 1 aromatic carbocycles. The second-order valence-corrected chi connectivity index (χ2v) is 8.78. The molecule has 5 nitrogen and oxygen atoms in total. The van der Waals surface area contributed by atoms with Crippen LogP contribution in [0.2, 0.25) is 0 Å². The molecule has 6 heteroatoms. The first-order valence-corrected chi connectivity index (χ1v) is 10.8. The molecule has 26 heavy (non-hydrogen) atoms. The molecule has 0 aliphatic carbocycles. The summed E-state index contributed by atoms with van der Waals surface area (Å²) in [6, 6.07) is 11.7. The predicted molar refractivity (Wildman–Crippen MR) is 107 cm³/mol. The zero-order chi connectivity index (χ0) is 17.3. The summed E-state index contributed by atoms with van der Waals surface area (Å²) in [6.45, 7) is 6.86. The van der Waals surface area contributed by atoms with Crippen LogP contribution in [0.3, 0.4) is 0 Å². The van der Waals surface area contributed by atoms with E-state index in [4.69, 9.17) is 0 Å². The fourth-order valence-corrected chi connectivity index (χ4v) is 5.69. The minimum atomic E-state index is 0.610. The van der Waals surface area contributed by atoms with Gasteiger partial charge in [-0.3, -0.25) is 4.90 Å². The van der Waals surface area contributed by atoms with Crippen molar-refractivity contribution >= 4 is 21.6 Å². The van der Waals surface area contributed by atoms with Crippen LogP contribution in [0.4, 0.5) is 10.3 Å². The van der Waals surface area contributed by atoms with Gasteiger partial charge in [-0.05, 0) is 37.8 Å². The summed E-state index contributed by atoms with van der Waals surface area (Å²) in [4.78, 5) is 7.56. The fraction of sp³-hybridized carbons (Fsp3) is 0.600. The molecule has 0 saturated carbocycles. The van der Waals surface area contributed by atoms with Crippen LogP contribution in [0.15, 0.2) is 30.3 Å². The third-order valence-corrected chi connectivity index (χ3v) is 7.27. The number of rotatable bonds is 3. The van der Waals surface area contributed by atoms with Crippen LogP contribution < -0.4 is 9.80 Å². The Labute approximate surface area is 159 Å². The van der Waals surface area contributed by atoms with Gasteiger partial charge in [0, 0.05) is 44.7 Å². The summed E-state index contributed by atoms with van der Waals surface area (Å²) in [5, 5.41) is 11.4. The van der Waals surface area contributed by atoms with Crippen molar-refractivity contribution in [1.29, 1.82) is 0 Å². The zero-order valence-corrected chi connectivity index (χ0v) is 16.1. The van der Waals surface area contributed by atoms with Gasteiger partial charge in [-0.15, -0.1) is 10.2 Å². The maximum Gasteiger partial charge on any atom is 0.210 e. The minimum Gasteiger partial charge on any atom is -0.346 e. The Bertz CT molecular complexity index is 733. The first-order chi connectivity index (χ1) is 12.9. The number of aromatic nitrogens is 2. The number of hydrogen-bond acceptors (Lipinski definition) is 6. The van der Waals surface area contributed by atoms with Crippen molar-refractivity contribution in [2.75, 3.05) is 49.1 Å². The highest BCUT2D eigenvalue weighted by molar-refractivity contribution is 7.19. The van der Waals surface area contributed by atoms with Gasteiger partial charge in [0.05, 0.1) is 0 Å². The van der Waals surface area contributed by atoms with Gasteiger partial charge >= 0.3 is 0 Å². The number of benzene rings is 1. The van der Waals surface area contributed by atoms with E-state index in [1.165, 1.54) is 44.3 Å². The summed E-state index contributed by atoms with van der Waals surface area (Å²) < 4.78 is 0. The van der Waals surface area contributed by atoms with Gasteiger partial charge < -0.3 is 9.80 Å². The number of fused-ring (bicyclic) bond motifs is 1. The Morgan fingerprint density at radius 2 is 1.58 bits per heavy atom. The lowest BCUT2D eigenvalue weighted by atomic mass is 9.91. The highest BCUT2D eigenvalue weighted by Crippen LogP contribution is 2.34. The second-order valence-electron chi connectivity index (χ2n) is 7.84. The molecule has 0 spiro atoms. The topological polar surface area (TPSA) is 35.5 Å². The quantitative estimate of drug-likeness (QED) is 0.830. The highest BCUT2D eigenvalue weighted by Gasteiger charge is 2.32. The van der Waals surface area contributed by atoms with Gasteiger partial charge in [-0.2, -0.15) is 0 Å². The summed E-state index contributed by atoms with van der Waals surface area (Å²) in [5.74, 6) is 0.610. The lowest BCUT2D eigenvalue weighted by molar-refractivity contribution is 0.231. The van der Waals surface area contributed by atoms with Crippen molar-refractivity contribution in [1.82, 2.24) is 15.1 Å². The maximum absolute atomic E-state index is 4.57. The van der Waals surface area contributed by atoms with E-state index >= 15 is 0 Å². The smallest absolute Gasteiger partial charge is 0.210 e. The second kappa shape index (κ2) is 7.16. The Morgan fingerprint density at radius 3 is 2.42 bits per heavy atom. The molecule has 3 aliphatic rings. The molecule has 3 fully saturated rings. The van der Waals surface area contributed by atoms with E-state index in [-0.39, 0.29) is 0 Å². The maximum atomic E-state index is 4.57. The third kappa shape index (κ3) is 3.21. The lowest BCUT2D eigenvalue weighted by Gasteiger charge is -2.37. The van der Waals surface area contributed by atoms with Gasteiger partial charge in [0.1, 0.15) is 0 Å². The standard InChI is InChI=1S/C20H27N5S/c1-2-6-16(7-3-1)17-8-4-11-24(14-17)19-21-22-20(26-19)25-13-12-23-10-5-9-18(23)15-25/h1-3,6-7,17-18H,4-5,8-15H2/t17?,18-/m0/s1. The zero-order valence-electron chi connectivity index (χ0n) is 15.3. The molecule has 5 rings (SSSR count). The molecule has 3 saturated heterocycles. The number of anilines is 2. The Balaban J connectivity index is 1.27. The van der Waals surface area contributed by atoms with Gasteiger partial charge in [0.25, 0.3) is 0 Å². The Kier molecular flexibility index (Phi) is 4.55. The molecular weight excluding hydrogens is 342 g/mol. The van der Waals surface area contributed by atoms with E-state index in [2.05, 4.69) is 55.2 Å². The normalized spacial score (nSPS) is 26.9. The van der Waals surface area contributed by atoms with Crippen LogP contribution in [-0.2, 0) is 0 Å². The number of piperidine rings is 1. The lowest BCUT2D eigenvalue weighted by Crippen LogP contribution is -2.50. The van der Waals surface area contributed by atoms with E-state index < -0.39 is 0 Å². The molecule has 138 valence electrons. The van der Waals surface area contributed by atoms with Gasteiger partial charge in [-0.25, -0.2) is 0 Å². The van der Waals surface area contributed by atoms with Crippen molar-refractivity contribution in [3.63, 3.8) is 0 Å². The predicted octanol–water partition coefficient (Wildman–Crippen LogP) is 3.21. The van der Waals surface area contributed by atoms with Crippen molar-refractivity contribution < 1.29 is 0 Å². The van der Waals surface area contributed by atoms with Crippen LogP contribution in [0.5, 0.6) is 0 Å².